The zero-order valence-electron chi connectivity index (χ0n) is 9.93. The van der Waals surface area contributed by atoms with Gasteiger partial charge in [0.2, 0.25) is 0 Å². The standard InChI is InChI=1S/C11H12N2O4S/c1-8-3-4-9(11(14)13-6-5-12)10(7-8)17-18(2,15)16/h3-4,7H,6H2,1-2H3,(H,13,14). The lowest BCUT2D eigenvalue weighted by molar-refractivity contribution is 0.0957. The molecule has 0 aliphatic carbocycles. The molecule has 1 aromatic rings. The van der Waals surface area contributed by atoms with Gasteiger partial charge in [-0.25, -0.2) is 0 Å². The third-order valence-electron chi connectivity index (χ3n) is 1.95. The van der Waals surface area contributed by atoms with Gasteiger partial charge in [-0.15, -0.1) is 0 Å². The molecule has 0 radical (unpaired) electrons. The zero-order valence-corrected chi connectivity index (χ0v) is 10.7. The molecule has 0 atom stereocenters. The first-order valence-electron chi connectivity index (χ1n) is 4.99. The number of carbonyl (C=O) groups excluding carboxylic acids is 1. The van der Waals surface area contributed by atoms with E-state index >= 15 is 0 Å². The number of carbonyl (C=O) groups is 1. The number of benzene rings is 1. The van der Waals surface area contributed by atoms with E-state index in [0.29, 0.717) is 0 Å². The second-order valence-electron chi connectivity index (χ2n) is 3.63. The average molecular weight is 268 g/mol. The SMILES string of the molecule is Cc1ccc(C(=O)NCC#N)c(OS(C)(=O)=O)c1. The van der Waals surface area contributed by atoms with Crippen LogP contribution in [-0.2, 0) is 10.1 Å². The quantitative estimate of drug-likeness (QED) is 0.636. The van der Waals surface area contributed by atoms with Gasteiger partial charge in [0.25, 0.3) is 5.91 Å². The molecule has 0 heterocycles. The summed E-state index contributed by atoms with van der Waals surface area (Å²) in [7, 11) is -3.72. The summed E-state index contributed by atoms with van der Waals surface area (Å²) in [5.41, 5.74) is 0.826. The van der Waals surface area contributed by atoms with E-state index in [0.717, 1.165) is 11.8 Å². The van der Waals surface area contributed by atoms with E-state index in [9.17, 15) is 13.2 Å². The lowest BCUT2D eigenvalue weighted by Crippen LogP contribution is -2.24. The first-order chi connectivity index (χ1) is 8.33. The summed E-state index contributed by atoms with van der Waals surface area (Å²) in [5, 5.41) is 10.7. The van der Waals surface area contributed by atoms with Crippen LogP contribution in [0.3, 0.4) is 0 Å². The molecule has 1 aromatic carbocycles. The van der Waals surface area contributed by atoms with Gasteiger partial charge in [-0.05, 0) is 24.6 Å². The Hall–Kier alpha value is -2.07. The molecule has 0 spiro atoms. The Morgan fingerprint density at radius 2 is 2.17 bits per heavy atom. The molecule has 1 rings (SSSR count). The highest BCUT2D eigenvalue weighted by molar-refractivity contribution is 7.86. The number of nitrogens with one attached hydrogen (secondary N) is 1. The van der Waals surface area contributed by atoms with Crippen molar-refractivity contribution in [1.82, 2.24) is 5.32 Å². The van der Waals surface area contributed by atoms with Gasteiger partial charge in [-0.3, -0.25) is 4.79 Å². The fourth-order valence-electron chi connectivity index (χ4n) is 1.26. The number of aryl methyl sites for hydroxylation is 1. The lowest BCUT2D eigenvalue weighted by Gasteiger charge is -2.09. The first kappa shape index (κ1) is 14.0. The van der Waals surface area contributed by atoms with E-state index in [-0.39, 0.29) is 17.9 Å². The summed E-state index contributed by atoms with van der Waals surface area (Å²) < 4.78 is 26.9. The second-order valence-corrected chi connectivity index (χ2v) is 5.20. The summed E-state index contributed by atoms with van der Waals surface area (Å²) in [5.74, 6) is -0.608. The van der Waals surface area contributed by atoms with Crippen LogP contribution in [0, 0.1) is 18.3 Å². The van der Waals surface area contributed by atoms with Crippen molar-refractivity contribution in [3.05, 3.63) is 29.3 Å². The monoisotopic (exact) mass is 268 g/mol. The molecule has 0 unspecified atom stereocenters. The molecular weight excluding hydrogens is 256 g/mol. The smallest absolute Gasteiger partial charge is 0.306 e. The molecular formula is C11H12N2O4S. The van der Waals surface area contributed by atoms with Gasteiger partial charge in [-0.1, -0.05) is 6.07 Å². The van der Waals surface area contributed by atoms with Crippen LogP contribution in [0.5, 0.6) is 5.75 Å². The minimum atomic E-state index is -3.72. The topological polar surface area (TPSA) is 96.3 Å². The van der Waals surface area contributed by atoms with Gasteiger partial charge < -0.3 is 9.50 Å². The second kappa shape index (κ2) is 5.51. The molecule has 6 nitrogen and oxygen atoms in total. The van der Waals surface area contributed by atoms with Crippen LogP contribution in [0.2, 0.25) is 0 Å². The highest BCUT2D eigenvalue weighted by atomic mass is 32.2. The molecule has 1 N–H and O–H groups in total. The first-order valence-corrected chi connectivity index (χ1v) is 6.80. The molecule has 7 heteroatoms. The van der Waals surface area contributed by atoms with Crippen molar-refractivity contribution in [1.29, 1.82) is 5.26 Å². The predicted molar refractivity (Wildman–Crippen MR) is 64.6 cm³/mol. The van der Waals surface area contributed by atoms with E-state index in [2.05, 4.69) is 5.32 Å². The summed E-state index contributed by atoms with van der Waals surface area (Å²) in [4.78, 5) is 11.7. The van der Waals surface area contributed by atoms with Crippen LogP contribution in [0.25, 0.3) is 0 Å². The van der Waals surface area contributed by atoms with Crippen molar-refractivity contribution in [2.24, 2.45) is 0 Å². The fraction of sp³-hybridized carbons (Fsp3) is 0.273. The van der Waals surface area contributed by atoms with E-state index in [1.54, 1.807) is 19.1 Å². The van der Waals surface area contributed by atoms with Crippen molar-refractivity contribution in [3.8, 4) is 11.8 Å². The Morgan fingerprint density at radius 1 is 1.50 bits per heavy atom. The maximum atomic E-state index is 11.7. The van der Waals surface area contributed by atoms with Crippen LogP contribution in [0.15, 0.2) is 18.2 Å². The van der Waals surface area contributed by atoms with Gasteiger partial charge in [0.05, 0.1) is 17.9 Å². The van der Waals surface area contributed by atoms with Crippen LogP contribution in [0.1, 0.15) is 15.9 Å². The van der Waals surface area contributed by atoms with Crippen LogP contribution >= 0.6 is 0 Å². The Bertz CT molecular complexity index is 602. The summed E-state index contributed by atoms with van der Waals surface area (Å²) in [6, 6.07) is 6.30. The minimum absolute atomic E-state index is 0.0482. The van der Waals surface area contributed by atoms with Crippen LogP contribution in [-0.4, -0.2) is 27.1 Å². The highest BCUT2D eigenvalue weighted by Crippen LogP contribution is 2.21. The number of amides is 1. The number of nitrogens with zero attached hydrogens (tertiary/aromatic N) is 1. The molecule has 0 saturated carbocycles. The van der Waals surface area contributed by atoms with Crippen LogP contribution in [0.4, 0.5) is 0 Å². The molecule has 0 fully saturated rings. The Labute approximate surface area is 105 Å². The van der Waals surface area contributed by atoms with Gasteiger partial charge in [0.1, 0.15) is 6.54 Å². The van der Waals surface area contributed by atoms with E-state index in [1.807, 2.05) is 0 Å². The summed E-state index contributed by atoms with van der Waals surface area (Å²) >= 11 is 0. The summed E-state index contributed by atoms with van der Waals surface area (Å²) in [6.07, 6.45) is 0.895. The van der Waals surface area contributed by atoms with E-state index in [1.165, 1.54) is 12.1 Å². The average Bonchev–Trinajstić information content (AvgIpc) is 2.23. The molecule has 0 saturated heterocycles. The van der Waals surface area contributed by atoms with Gasteiger partial charge in [0, 0.05) is 0 Å². The maximum absolute atomic E-state index is 11.7. The number of hydrogen-bond donors (Lipinski definition) is 1. The molecule has 0 bridgehead atoms. The van der Waals surface area contributed by atoms with Crippen LogP contribution < -0.4 is 9.50 Å². The Balaban J connectivity index is 3.11. The van der Waals surface area contributed by atoms with Crippen molar-refractivity contribution >= 4 is 16.0 Å². The number of rotatable bonds is 4. The van der Waals surface area contributed by atoms with Crippen molar-refractivity contribution in [2.75, 3.05) is 12.8 Å². The van der Waals surface area contributed by atoms with Crippen molar-refractivity contribution in [3.63, 3.8) is 0 Å². The van der Waals surface area contributed by atoms with Gasteiger partial charge in [0.15, 0.2) is 5.75 Å². The molecule has 96 valence electrons. The molecule has 0 aromatic heterocycles. The van der Waals surface area contributed by atoms with Crippen molar-refractivity contribution < 1.29 is 17.4 Å². The predicted octanol–water partition coefficient (Wildman–Crippen LogP) is 0.587. The minimum Gasteiger partial charge on any atom is -0.382 e. The molecule has 0 aliphatic heterocycles. The maximum Gasteiger partial charge on any atom is 0.306 e. The van der Waals surface area contributed by atoms with Gasteiger partial charge in [-0.2, -0.15) is 13.7 Å². The molecule has 0 aliphatic rings. The lowest BCUT2D eigenvalue weighted by atomic mass is 10.1. The zero-order chi connectivity index (χ0) is 13.8. The third kappa shape index (κ3) is 4.07. The van der Waals surface area contributed by atoms with Crippen molar-refractivity contribution in [2.45, 2.75) is 6.92 Å². The number of hydrogen-bond acceptors (Lipinski definition) is 5. The molecule has 18 heavy (non-hydrogen) atoms. The highest BCUT2D eigenvalue weighted by Gasteiger charge is 2.15. The molecule has 1 amide bonds. The largest absolute Gasteiger partial charge is 0.382 e. The summed E-state index contributed by atoms with van der Waals surface area (Å²) in [6.45, 7) is 1.58. The number of nitriles is 1. The van der Waals surface area contributed by atoms with Gasteiger partial charge >= 0.3 is 10.1 Å². The Morgan fingerprint density at radius 3 is 2.72 bits per heavy atom. The van der Waals surface area contributed by atoms with E-state index in [4.69, 9.17) is 9.44 Å². The third-order valence-corrected chi connectivity index (χ3v) is 2.43. The Kier molecular flexibility index (Phi) is 4.28. The normalized spacial score (nSPS) is 10.5. The fourth-order valence-corrected chi connectivity index (χ4v) is 1.73. The van der Waals surface area contributed by atoms with E-state index < -0.39 is 16.0 Å².